The third-order valence-corrected chi connectivity index (χ3v) is 5.37. The Kier molecular flexibility index (Phi) is 6.49. The molecule has 0 aliphatic carbocycles. The van der Waals surface area contributed by atoms with Crippen molar-refractivity contribution in [3.63, 3.8) is 0 Å². The number of carbonyl (C=O) groups is 2. The molecule has 8 heteroatoms. The summed E-state index contributed by atoms with van der Waals surface area (Å²) < 4.78 is 16.4. The van der Waals surface area contributed by atoms with Crippen LogP contribution < -0.4 is 15.5 Å². The minimum atomic E-state index is -0.980. The molecule has 1 unspecified atom stereocenters. The van der Waals surface area contributed by atoms with Crippen LogP contribution in [0.5, 0.6) is 11.5 Å². The van der Waals surface area contributed by atoms with Gasteiger partial charge in [-0.3, -0.25) is 4.79 Å². The Morgan fingerprint density at radius 3 is 2.59 bits per heavy atom. The summed E-state index contributed by atoms with van der Waals surface area (Å²) >= 11 is 0. The number of esters is 1. The van der Waals surface area contributed by atoms with Crippen molar-refractivity contribution in [1.82, 2.24) is 5.32 Å². The molecule has 0 saturated heterocycles. The summed E-state index contributed by atoms with van der Waals surface area (Å²) in [6.45, 7) is 3.56. The molecule has 4 aromatic rings. The molecule has 2 N–H and O–H groups in total. The Bertz CT molecular complexity index is 1430. The van der Waals surface area contributed by atoms with E-state index in [9.17, 15) is 19.5 Å². The highest BCUT2D eigenvalue weighted by atomic mass is 16.6. The second kappa shape index (κ2) is 9.66. The summed E-state index contributed by atoms with van der Waals surface area (Å²) in [5.41, 5.74) is 1.64. The summed E-state index contributed by atoms with van der Waals surface area (Å²) in [4.78, 5) is 37.6. The molecule has 1 amide bonds. The molecule has 1 heterocycles. The van der Waals surface area contributed by atoms with E-state index in [4.69, 9.17) is 13.9 Å². The van der Waals surface area contributed by atoms with Gasteiger partial charge in [-0.05, 0) is 30.5 Å². The molecule has 1 aromatic heterocycles. The molecular formula is C26H23NO7. The van der Waals surface area contributed by atoms with Gasteiger partial charge in [0.15, 0.2) is 0 Å². The molecule has 0 spiro atoms. The lowest BCUT2D eigenvalue weighted by molar-refractivity contribution is -0.136. The standard InChI is InChI=1S/C26H23NO7/c1-3-19(27-26(31)32-14-16-9-5-4-6-10-16)25(30)33-17-12-20(28)22-21(13-17)34-24-15(2)8-7-11-18(24)23(22)29/h4-13,19,28H,3,14H2,1-2H3,(H,27,31). The fraction of sp³-hybridized carbons (Fsp3) is 0.192. The summed E-state index contributed by atoms with van der Waals surface area (Å²) in [6, 6.07) is 15.8. The van der Waals surface area contributed by atoms with Crippen LogP contribution in [0, 0.1) is 6.92 Å². The smallest absolute Gasteiger partial charge is 0.408 e. The third kappa shape index (κ3) is 4.71. The number of phenols is 1. The second-order valence-corrected chi connectivity index (χ2v) is 7.79. The van der Waals surface area contributed by atoms with Gasteiger partial charge in [0, 0.05) is 12.1 Å². The molecule has 34 heavy (non-hydrogen) atoms. The molecule has 174 valence electrons. The molecule has 0 aliphatic rings. The average molecular weight is 461 g/mol. The number of phenolic OH excluding ortho intramolecular Hbond substituents is 1. The number of aryl methyl sites for hydroxylation is 1. The van der Waals surface area contributed by atoms with Gasteiger partial charge in [0.05, 0.1) is 5.39 Å². The number of nitrogens with one attached hydrogen (secondary N) is 1. The number of fused-ring (bicyclic) bond motifs is 2. The van der Waals surface area contributed by atoms with Crippen LogP contribution in [0.25, 0.3) is 21.9 Å². The number of amides is 1. The van der Waals surface area contributed by atoms with Gasteiger partial charge in [-0.15, -0.1) is 0 Å². The zero-order valence-electron chi connectivity index (χ0n) is 18.7. The molecule has 1 atom stereocenters. The van der Waals surface area contributed by atoms with E-state index in [1.807, 2.05) is 30.3 Å². The van der Waals surface area contributed by atoms with Crippen LogP contribution in [0.15, 0.2) is 69.9 Å². The minimum Gasteiger partial charge on any atom is -0.507 e. The van der Waals surface area contributed by atoms with Crippen LogP contribution in [0.1, 0.15) is 24.5 Å². The van der Waals surface area contributed by atoms with Crippen molar-refractivity contribution >= 4 is 34.0 Å². The normalized spacial score (nSPS) is 11.8. The number of hydrogen-bond acceptors (Lipinski definition) is 7. The molecule has 3 aromatic carbocycles. The molecule has 0 bridgehead atoms. The highest BCUT2D eigenvalue weighted by Crippen LogP contribution is 2.31. The fourth-order valence-corrected chi connectivity index (χ4v) is 3.58. The Balaban J connectivity index is 1.52. The van der Waals surface area contributed by atoms with Gasteiger partial charge < -0.3 is 24.3 Å². The van der Waals surface area contributed by atoms with Gasteiger partial charge in [-0.25, -0.2) is 9.59 Å². The maximum absolute atomic E-state index is 12.8. The van der Waals surface area contributed by atoms with Crippen molar-refractivity contribution in [2.45, 2.75) is 32.9 Å². The van der Waals surface area contributed by atoms with Gasteiger partial charge in [0.2, 0.25) is 5.43 Å². The number of carbonyl (C=O) groups excluding carboxylic acids is 2. The Hall–Kier alpha value is -4.33. The Labute approximate surface area is 194 Å². The number of alkyl carbamates (subject to hydrolysis) is 1. The van der Waals surface area contributed by atoms with E-state index in [1.165, 1.54) is 12.1 Å². The molecule has 0 fully saturated rings. The Morgan fingerprint density at radius 2 is 1.85 bits per heavy atom. The van der Waals surface area contributed by atoms with E-state index in [-0.39, 0.29) is 40.9 Å². The first-order valence-corrected chi connectivity index (χ1v) is 10.8. The minimum absolute atomic E-state index is 0.00689. The number of hydrogen-bond donors (Lipinski definition) is 2. The van der Waals surface area contributed by atoms with E-state index in [2.05, 4.69) is 5.32 Å². The van der Waals surface area contributed by atoms with E-state index in [0.717, 1.165) is 11.1 Å². The van der Waals surface area contributed by atoms with Crippen LogP contribution in [0.2, 0.25) is 0 Å². The highest BCUT2D eigenvalue weighted by molar-refractivity contribution is 5.95. The van der Waals surface area contributed by atoms with Crippen LogP contribution >= 0.6 is 0 Å². The predicted molar refractivity (Wildman–Crippen MR) is 126 cm³/mol. The largest absolute Gasteiger partial charge is 0.507 e. The number of para-hydroxylation sites is 1. The monoisotopic (exact) mass is 461 g/mol. The second-order valence-electron chi connectivity index (χ2n) is 7.79. The van der Waals surface area contributed by atoms with Crippen molar-refractivity contribution in [1.29, 1.82) is 0 Å². The number of aromatic hydroxyl groups is 1. The first-order valence-electron chi connectivity index (χ1n) is 10.8. The number of rotatable bonds is 6. The lowest BCUT2D eigenvalue weighted by atomic mass is 10.1. The number of benzene rings is 3. The maximum Gasteiger partial charge on any atom is 0.408 e. The van der Waals surface area contributed by atoms with Crippen LogP contribution in [-0.4, -0.2) is 23.2 Å². The van der Waals surface area contributed by atoms with Gasteiger partial charge in [-0.1, -0.05) is 49.4 Å². The Morgan fingerprint density at radius 1 is 1.09 bits per heavy atom. The van der Waals surface area contributed by atoms with Crippen molar-refractivity contribution in [3.05, 3.63) is 82.0 Å². The first kappa shape index (κ1) is 22.8. The average Bonchev–Trinajstić information content (AvgIpc) is 2.82. The maximum atomic E-state index is 12.8. The van der Waals surface area contributed by atoms with Crippen molar-refractivity contribution in [2.24, 2.45) is 0 Å². The molecule has 4 rings (SSSR count). The fourth-order valence-electron chi connectivity index (χ4n) is 3.58. The predicted octanol–water partition coefficient (Wildman–Crippen LogP) is 4.57. The van der Waals surface area contributed by atoms with E-state index >= 15 is 0 Å². The lowest BCUT2D eigenvalue weighted by Crippen LogP contribution is -2.42. The quantitative estimate of drug-likeness (QED) is 0.245. The molecule has 0 aliphatic heterocycles. The van der Waals surface area contributed by atoms with Crippen molar-refractivity contribution in [3.8, 4) is 11.5 Å². The zero-order valence-corrected chi connectivity index (χ0v) is 18.7. The third-order valence-electron chi connectivity index (χ3n) is 5.37. The highest BCUT2D eigenvalue weighted by Gasteiger charge is 2.23. The topological polar surface area (TPSA) is 115 Å². The van der Waals surface area contributed by atoms with Crippen LogP contribution in [0.4, 0.5) is 4.79 Å². The summed E-state index contributed by atoms with van der Waals surface area (Å²) in [7, 11) is 0. The molecule has 0 saturated carbocycles. The van der Waals surface area contributed by atoms with Gasteiger partial charge >= 0.3 is 12.1 Å². The first-order chi connectivity index (χ1) is 16.4. The van der Waals surface area contributed by atoms with Crippen LogP contribution in [0.3, 0.4) is 0 Å². The summed E-state index contributed by atoms with van der Waals surface area (Å²) in [5.74, 6) is -1.15. The lowest BCUT2D eigenvalue weighted by Gasteiger charge is -2.16. The molecule has 8 nitrogen and oxygen atoms in total. The SMILES string of the molecule is CCC(NC(=O)OCc1ccccc1)C(=O)Oc1cc(O)c2c(=O)c3cccc(C)c3oc2c1. The summed E-state index contributed by atoms with van der Waals surface area (Å²) in [6.07, 6.45) is -0.514. The molecule has 0 radical (unpaired) electrons. The van der Waals surface area contributed by atoms with Crippen molar-refractivity contribution in [2.75, 3.05) is 0 Å². The van der Waals surface area contributed by atoms with Crippen LogP contribution in [-0.2, 0) is 16.1 Å². The van der Waals surface area contributed by atoms with Gasteiger partial charge in [0.1, 0.15) is 40.7 Å². The number of ether oxygens (including phenoxy) is 2. The zero-order chi connectivity index (χ0) is 24.2. The van der Waals surface area contributed by atoms with Gasteiger partial charge in [0.25, 0.3) is 0 Å². The van der Waals surface area contributed by atoms with E-state index in [1.54, 1.807) is 32.0 Å². The van der Waals surface area contributed by atoms with Crippen molar-refractivity contribution < 1.29 is 28.6 Å². The van der Waals surface area contributed by atoms with Gasteiger partial charge in [-0.2, -0.15) is 0 Å². The summed E-state index contributed by atoms with van der Waals surface area (Å²) in [5, 5.41) is 13.3. The molecular weight excluding hydrogens is 438 g/mol. The van der Waals surface area contributed by atoms with E-state index in [0.29, 0.717) is 11.0 Å². The van der Waals surface area contributed by atoms with E-state index < -0.39 is 18.1 Å².